The molecule has 3 aromatic heterocycles. The van der Waals surface area contributed by atoms with E-state index in [4.69, 9.17) is 0 Å². The lowest BCUT2D eigenvalue weighted by Crippen LogP contribution is -2.32. The van der Waals surface area contributed by atoms with Crippen LogP contribution in [-0.2, 0) is 4.79 Å². The third kappa shape index (κ3) is 3.03. The Bertz CT molecular complexity index is 1220. The Morgan fingerprint density at radius 1 is 1.25 bits per heavy atom. The number of amides is 1. The minimum atomic E-state index is 0.123. The summed E-state index contributed by atoms with van der Waals surface area (Å²) < 4.78 is 1.16. The van der Waals surface area contributed by atoms with E-state index in [1.807, 2.05) is 34.8 Å². The van der Waals surface area contributed by atoms with Crippen molar-refractivity contribution in [2.24, 2.45) is 0 Å². The van der Waals surface area contributed by atoms with Gasteiger partial charge in [0.1, 0.15) is 5.65 Å². The van der Waals surface area contributed by atoms with Gasteiger partial charge in [0.05, 0.1) is 21.4 Å². The predicted molar refractivity (Wildman–Crippen MR) is 114 cm³/mol. The van der Waals surface area contributed by atoms with Gasteiger partial charge in [-0.05, 0) is 42.3 Å². The topological polar surface area (TPSA) is 73.9 Å². The predicted octanol–water partition coefficient (Wildman–Crippen LogP) is 4.55. The third-order valence-electron chi connectivity index (χ3n) is 5.14. The summed E-state index contributed by atoms with van der Waals surface area (Å²) in [5.41, 5.74) is 8.07. The van der Waals surface area contributed by atoms with Crippen LogP contribution in [0.1, 0.15) is 19.0 Å². The number of rotatable bonds is 3. The van der Waals surface area contributed by atoms with Crippen LogP contribution >= 0.6 is 11.3 Å². The second kappa shape index (κ2) is 6.76. The van der Waals surface area contributed by atoms with E-state index in [9.17, 15) is 4.79 Å². The molecule has 0 atom stereocenters. The summed E-state index contributed by atoms with van der Waals surface area (Å²) in [6.07, 6.45) is 4.78. The minimum absolute atomic E-state index is 0.123. The van der Waals surface area contributed by atoms with Gasteiger partial charge in [-0.25, -0.2) is 9.97 Å². The largest absolute Gasteiger partial charge is 0.355 e. The number of hydrogen-bond donors (Lipinski definition) is 2. The van der Waals surface area contributed by atoms with Crippen LogP contribution in [0.15, 0.2) is 48.1 Å². The first-order valence-corrected chi connectivity index (χ1v) is 10.1. The molecule has 4 heterocycles. The Labute approximate surface area is 165 Å². The van der Waals surface area contributed by atoms with E-state index in [0.717, 1.165) is 51.3 Å². The van der Waals surface area contributed by atoms with Crippen LogP contribution in [-0.4, -0.2) is 38.8 Å². The molecule has 5 rings (SSSR count). The van der Waals surface area contributed by atoms with Crippen molar-refractivity contribution in [3.05, 3.63) is 53.8 Å². The number of aromatic amines is 1. The van der Waals surface area contributed by atoms with Crippen LogP contribution in [0.25, 0.3) is 26.8 Å². The zero-order chi connectivity index (χ0) is 19.1. The van der Waals surface area contributed by atoms with Crippen molar-refractivity contribution in [1.82, 2.24) is 19.9 Å². The summed E-state index contributed by atoms with van der Waals surface area (Å²) >= 11 is 1.64. The number of carbonyl (C=O) groups excluding carboxylic acids is 1. The number of nitrogens with one attached hydrogen (secondary N) is 2. The molecule has 1 aliphatic rings. The van der Waals surface area contributed by atoms with E-state index >= 15 is 0 Å². The number of H-pyrrole nitrogens is 1. The van der Waals surface area contributed by atoms with Crippen molar-refractivity contribution in [2.45, 2.75) is 13.3 Å². The molecule has 0 saturated carbocycles. The van der Waals surface area contributed by atoms with Crippen LogP contribution in [0.2, 0.25) is 0 Å². The van der Waals surface area contributed by atoms with Crippen LogP contribution in [0.5, 0.6) is 0 Å². The lowest BCUT2D eigenvalue weighted by Gasteiger charge is -2.24. The molecule has 1 aromatic carbocycles. The first-order valence-electron chi connectivity index (χ1n) is 9.20. The molecule has 6 nitrogen and oxygen atoms in total. The van der Waals surface area contributed by atoms with E-state index in [-0.39, 0.29) is 5.91 Å². The maximum Gasteiger partial charge on any atom is 0.219 e. The first kappa shape index (κ1) is 16.9. The lowest BCUT2D eigenvalue weighted by atomic mass is 10.0. The van der Waals surface area contributed by atoms with Crippen LogP contribution in [0, 0.1) is 0 Å². The molecule has 7 heteroatoms. The maximum atomic E-state index is 11.5. The van der Waals surface area contributed by atoms with Crippen molar-refractivity contribution < 1.29 is 4.79 Å². The zero-order valence-corrected chi connectivity index (χ0v) is 16.2. The van der Waals surface area contributed by atoms with Crippen molar-refractivity contribution in [3.8, 4) is 0 Å². The van der Waals surface area contributed by atoms with Gasteiger partial charge in [0.25, 0.3) is 0 Å². The monoisotopic (exact) mass is 389 g/mol. The summed E-state index contributed by atoms with van der Waals surface area (Å²) in [7, 11) is 0. The molecule has 0 radical (unpaired) electrons. The molecule has 0 bridgehead atoms. The van der Waals surface area contributed by atoms with Gasteiger partial charge in [-0.1, -0.05) is 6.08 Å². The zero-order valence-electron chi connectivity index (χ0n) is 15.4. The van der Waals surface area contributed by atoms with E-state index in [0.29, 0.717) is 6.54 Å². The van der Waals surface area contributed by atoms with Gasteiger partial charge in [-0.15, -0.1) is 11.3 Å². The highest BCUT2D eigenvalue weighted by atomic mass is 32.1. The van der Waals surface area contributed by atoms with Gasteiger partial charge in [0, 0.05) is 43.0 Å². The molecule has 4 aromatic rings. The Kier molecular flexibility index (Phi) is 4.09. The third-order valence-corrected chi connectivity index (χ3v) is 5.93. The average Bonchev–Trinajstić information content (AvgIpc) is 3.35. The number of anilines is 2. The fraction of sp³-hybridized carbons (Fsp3) is 0.190. The Morgan fingerprint density at radius 3 is 3.00 bits per heavy atom. The van der Waals surface area contributed by atoms with Crippen molar-refractivity contribution >= 4 is 55.4 Å². The molecular formula is C21H19N5OS. The number of nitrogens with zero attached hydrogens (tertiary/aromatic N) is 3. The second-order valence-corrected chi connectivity index (χ2v) is 7.79. The van der Waals surface area contributed by atoms with Crippen molar-refractivity contribution in [3.63, 3.8) is 0 Å². The van der Waals surface area contributed by atoms with E-state index < -0.39 is 0 Å². The molecule has 28 heavy (non-hydrogen) atoms. The smallest absolute Gasteiger partial charge is 0.219 e. The molecule has 1 amide bonds. The molecule has 2 N–H and O–H groups in total. The Morgan fingerprint density at radius 2 is 2.18 bits per heavy atom. The number of benzene rings is 1. The Hall–Kier alpha value is -3.19. The van der Waals surface area contributed by atoms with Gasteiger partial charge in [-0.3, -0.25) is 4.79 Å². The highest BCUT2D eigenvalue weighted by Crippen LogP contribution is 2.31. The minimum Gasteiger partial charge on any atom is -0.355 e. The van der Waals surface area contributed by atoms with E-state index in [2.05, 4.69) is 38.5 Å². The molecule has 0 unspecified atom stereocenters. The lowest BCUT2D eigenvalue weighted by molar-refractivity contribution is -0.128. The number of aromatic nitrogens is 3. The summed E-state index contributed by atoms with van der Waals surface area (Å²) in [4.78, 5) is 25.6. The second-order valence-electron chi connectivity index (χ2n) is 6.91. The molecule has 0 saturated heterocycles. The van der Waals surface area contributed by atoms with Gasteiger partial charge in [0.2, 0.25) is 5.91 Å². The molecule has 0 spiro atoms. The van der Waals surface area contributed by atoms with Gasteiger partial charge in [-0.2, -0.15) is 0 Å². The van der Waals surface area contributed by atoms with E-state index in [1.54, 1.807) is 18.3 Å². The number of thiazole rings is 1. The summed E-state index contributed by atoms with van der Waals surface area (Å²) in [6.45, 7) is 3.03. The number of pyridine rings is 1. The van der Waals surface area contributed by atoms with Crippen molar-refractivity contribution in [1.29, 1.82) is 0 Å². The van der Waals surface area contributed by atoms with Gasteiger partial charge in [0.15, 0.2) is 0 Å². The van der Waals surface area contributed by atoms with Crippen molar-refractivity contribution in [2.75, 3.05) is 18.4 Å². The summed E-state index contributed by atoms with van der Waals surface area (Å²) in [5, 5.41) is 4.57. The molecule has 0 fully saturated rings. The highest BCUT2D eigenvalue weighted by molar-refractivity contribution is 7.16. The van der Waals surface area contributed by atoms with Crippen LogP contribution in [0.4, 0.5) is 11.4 Å². The summed E-state index contributed by atoms with van der Waals surface area (Å²) in [5.74, 6) is 0.123. The maximum absolute atomic E-state index is 11.5. The van der Waals surface area contributed by atoms with Gasteiger partial charge < -0.3 is 15.2 Å². The first-order chi connectivity index (χ1) is 13.7. The number of fused-ring (bicyclic) bond motifs is 2. The molecular weight excluding hydrogens is 370 g/mol. The van der Waals surface area contributed by atoms with E-state index in [1.165, 1.54) is 5.57 Å². The van der Waals surface area contributed by atoms with Crippen LogP contribution < -0.4 is 5.32 Å². The molecule has 0 aliphatic carbocycles. The molecule has 1 aliphatic heterocycles. The fourth-order valence-electron chi connectivity index (χ4n) is 3.60. The highest BCUT2D eigenvalue weighted by Gasteiger charge is 2.17. The van der Waals surface area contributed by atoms with Gasteiger partial charge >= 0.3 is 0 Å². The normalized spacial score (nSPS) is 14.5. The fourth-order valence-corrected chi connectivity index (χ4v) is 4.31. The Balaban J connectivity index is 1.46. The number of hydrogen-bond acceptors (Lipinski definition) is 5. The average molecular weight is 389 g/mol. The summed E-state index contributed by atoms with van der Waals surface area (Å²) in [6, 6.07) is 10.3. The SMILES string of the molecule is CC(=O)N1CC=C(c2cc3c(Nc4ccc5ncsc5c4)ccnc3[nH]2)CC1. The quantitative estimate of drug-likeness (QED) is 0.539. The molecule has 140 valence electrons. The number of carbonyl (C=O) groups is 1. The standard InChI is InChI=1S/C21H19N5OS/c1-13(27)26-8-5-14(6-9-26)19-11-16-17(4-7-22-21(16)25-19)24-15-2-3-18-20(10-15)28-12-23-18/h2-5,7,10-12H,6,8-9H2,1H3,(H2,22,24,25). The van der Waals surface area contributed by atoms with Crippen LogP contribution in [0.3, 0.4) is 0 Å².